The maximum absolute atomic E-state index is 5.91. The van der Waals surface area contributed by atoms with Crippen LogP contribution in [0, 0.1) is 6.92 Å². The summed E-state index contributed by atoms with van der Waals surface area (Å²) in [6.07, 6.45) is 0. The van der Waals surface area contributed by atoms with Gasteiger partial charge in [-0.1, -0.05) is 0 Å². The number of nitrogens with one attached hydrogen (secondary N) is 1. The standard InChI is InChI=1S/C10H10IN3/c1-6-4-9(12)8-5-7(14-11)2-3-10(8)13-6/h2-5,14H,1H3,(H2,12,13). The fourth-order valence-electron chi connectivity index (χ4n) is 1.45. The number of aryl methyl sites for hydroxylation is 1. The molecule has 0 unspecified atom stereocenters. The molecule has 2 aromatic rings. The molecule has 72 valence electrons. The topological polar surface area (TPSA) is 50.9 Å². The van der Waals surface area contributed by atoms with E-state index in [4.69, 9.17) is 5.73 Å². The Bertz CT molecular complexity index is 482. The molecule has 3 N–H and O–H groups in total. The van der Waals surface area contributed by atoms with Crippen molar-refractivity contribution in [3.8, 4) is 0 Å². The van der Waals surface area contributed by atoms with Gasteiger partial charge in [0.1, 0.15) is 0 Å². The largest absolute Gasteiger partial charge is 0.398 e. The molecule has 0 saturated carbocycles. The van der Waals surface area contributed by atoms with Crippen molar-refractivity contribution in [2.45, 2.75) is 6.92 Å². The van der Waals surface area contributed by atoms with Crippen LogP contribution in [0.1, 0.15) is 5.69 Å². The highest BCUT2D eigenvalue weighted by Gasteiger charge is 2.01. The van der Waals surface area contributed by atoms with Crippen LogP contribution in [0.3, 0.4) is 0 Å². The number of nitrogen functional groups attached to an aromatic ring is 1. The van der Waals surface area contributed by atoms with Crippen LogP contribution >= 0.6 is 22.9 Å². The monoisotopic (exact) mass is 299 g/mol. The molecule has 1 heterocycles. The van der Waals surface area contributed by atoms with Gasteiger partial charge in [0.2, 0.25) is 0 Å². The number of aromatic nitrogens is 1. The molecular weight excluding hydrogens is 289 g/mol. The molecule has 0 aliphatic rings. The van der Waals surface area contributed by atoms with Gasteiger partial charge >= 0.3 is 0 Å². The third-order valence-corrected chi connectivity index (χ3v) is 2.70. The molecule has 0 atom stereocenters. The predicted molar refractivity (Wildman–Crippen MR) is 68.5 cm³/mol. The number of hydrogen-bond donors (Lipinski definition) is 2. The minimum Gasteiger partial charge on any atom is -0.398 e. The Hall–Kier alpha value is -1.04. The first-order valence-corrected chi connectivity index (χ1v) is 5.32. The van der Waals surface area contributed by atoms with E-state index in [-0.39, 0.29) is 0 Å². The van der Waals surface area contributed by atoms with Gasteiger partial charge in [-0.25, -0.2) is 0 Å². The van der Waals surface area contributed by atoms with Gasteiger partial charge in [-0.15, -0.1) is 0 Å². The zero-order valence-corrected chi connectivity index (χ0v) is 9.87. The molecule has 0 fully saturated rings. The smallest absolute Gasteiger partial charge is 0.0727 e. The van der Waals surface area contributed by atoms with Crippen molar-refractivity contribution < 1.29 is 0 Å². The van der Waals surface area contributed by atoms with Gasteiger partial charge in [-0.05, 0) is 31.2 Å². The minimum atomic E-state index is 0.779. The maximum atomic E-state index is 5.91. The molecule has 0 spiro atoms. The maximum Gasteiger partial charge on any atom is 0.0727 e. The van der Waals surface area contributed by atoms with E-state index < -0.39 is 0 Å². The average molecular weight is 299 g/mol. The summed E-state index contributed by atoms with van der Waals surface area (Å²) in [5.41, 5.74) is 9.62. The molecule has 0 radical (unpaired) electrons. The van der Waals surface area contributed by atoms with E-state index in [1.807, 2.05) is 31.2 Å². The number of fused-ring (bicyclic) bond motifs is 1. The lowest BCUT2D eigenvalue weighted by atomic mass is 10.1. The van der Waals surface area contributed by atoms with E-state index in [0.717, 1.165) is 28.0 Å². The number of rotatable bonds is 1. The molecule has 0 amide bonds. The van der Waals surface area contributed by atoms with Crippen molar-refractivity contribution >= 4 is 45.1 Å². The summed E-state index contributed by atoms with van der Waals surface area (Å²) in [6, 6.07) is 7.85. The van der Waals surface area contributed by atoms with Crippen LogP contribution in [0.15, 0.2) is 24.3 Å². The molecule has 3 nitrogen and oxygen atoms in total. The van der Waals surface area contributed by atoms with Crippen molar-refractivity contribution in [3.63, 3.8) is 0 Å². The van der Waals surface area contributed by atoms with Gasteiger partial charge in [-0.3, -0.25) is 4.98 Å². The average Bonchev–Trinajstić information content (AvgIpc) is 2.17. The predicted octanol–water partition coefficient (Wildman–Crippen LogP) is 2.89. The number of anilines is 2. The Kier molecular flexibility index (Phi) is 2.45. The summed E-state index contributed by atoms with van der Waals surface area (Å²) in [4.78, 5) is 4.40. The number of hydrogen-bond acceptors (Lipinski definition) is 3. The first-order chi connectivity index (χ1) is 6.70. The number of pyridine rings is 1. The van der Waals surface area contributed by atoms with E-state index in [2.05, 4.69) is 31.4 Å². The molecule has 0 bridgehead atoms. The summed E-state index contributed by atoms with van der Waals surface area (Å²) < 4.78 is 3.05. The van der Waals surface area contributed by atoms with E-state index in [0.29, 0.717) is 0 Å². The fraction of sp³-hybridized carbons (Fsp3) is 0.100. The highest BCUT2D eigenvalue weighted by atomic mass is 127. The third-order valence-electron chi connectivity index (χ3n) is 2.08. The van der Waals surface area contributed by atoms with Crippen molar-refractivity contribution in [3.05, 3.63) is 30.0 Å². The molecule has 1 aromatic heterocycles. The van der Waals surface area contributed by atoms with Gasteiger partial charge in [0, 0.05) is 22.5 Å². The van der Waals surface area contributed by atoms with E-state index in [9.17, 15) is 0 Å². The second kappa shape index (κ2) is 3.61. The zero-order chi connectivity index (χ0) is 10.1. The Labute approximate surface area is 96.2 Å². The second-order valence-electron chi connectivity index (χ2n) is 3.18. The summed E-state index contributed by atoms with van der Waals surface area (Å²) in [5.74, 6) is 0. The quantitative estimate of drug-likeness (QED) is 0.629. The SMILES string of the molecule is Cc1cc(N)c2cc(NI)ccc2n1. The molecule has 0 aliphatic carbocycles. The number of benzene rings is 1. The van der Waals surface area contributed by atoms with Gasteiger partial charge < -0.3 is 9.26 Å². The van der Waals surface area contributed by atoms with Crippen molar-refractivity contribution in [1.82, 2.24) is 4.98 Å². The molecule has 14 heavy (non-hydrogen) atoms. The molecule has 0 aliphatic heterocycles. The van der Waals surface area contributed by atoms with E-state index >= 15 is 0 Å². The highest BCUT2D eigenvalue weighted by Crippen LogP contribution is 2.24. The minimum absolute atomic E-state index is 0.779. The Balaban J connectivity index is 2.75. The Morgan fingerprint density at radius 1 is 1.36 bits per heavy atom. The lowest BCUT2D eigenvalue weighted by molar-refractivity contribution is 1.26. The highest BCUT2D eigenvalue weighted by molar-refractivity contribution is 14.1. The van der Waals surface area contributed by atoms with Crippen molar-refractivity contribution in [2.24, 2.45) is 0 Å². The Morgan fingerprint density at radius 3 is 2.86 bits per heavy atom. The lowest BCUT2D eigenvalue weighted by Crippen LogP contribution is -1.92. The van der Waals surface area contributed by atoms with E-state index in [1.165, 1.54) is 0 Å². The van der Waals surface area contributed by atoms with Crippen LogP contribution in [-0.2, 0) is 0 Å². The zero-order valence-electron chi connectivity index (χ0n) is 7.71. The molecule has 1 aromatic carbocycles. The normalized spacial score (nSPS) is 10.4. The summed E-state index contributed by atoms with van der Waals surface area (Å²) in [7, 11) is 0. The van der Waals surface area contributed by atoms with Crippen molar-refractivity contribution in [2.75, 3.05) is 9.26 Å². The summed E-state index contributed by atoms with van der Waals surface area (Å²) in [6.45, 7) is 1.94. The van der Waals surface area contributed by atoms with Gasteiger partial charge in [-0.2, -0.15) is 0 Å². The van der Waals surface area contributed by atoms with Crippen LogP contribution < -0.4 is 9.26 Å². The van der Waals surface area contributed by atoms with Gasteiger partial charge in [0.05, 0.1) is 28.4 Å². The molecule has 4 heteroatoms. The number of nitrogens with zero attached hydrogens (tertiary/aromatic N) is 1. The molecule has 2 rings (SSSR count). The first-order valence-electron chi connectivity index (χ1n) is 4.24. The van der Waals surface area contributed by atoms with Crippen LogP contribution in [0.2, 0.25) is 0 Å². The van der Waals surface area contributed by atoms with Crippen LogP contribution in [0.25, 0.3) is 10.9 Å². The summed E-state index contributed by atoms with van der Waals surface area (Å²) >= 11 is 2.09. The second-order valence-corrected chi connectivity index (χ2v) is 3.72. The first kappa shape index (κ1) is 9.51. The fourth-order valence-corrected chi connectivity index (χ4v) is 1.78. The number of nitrogens with two attached hydrogens (primary N) is 1. The van der Waals surface area contributed by atoms with Gasteiger partial charge in [0.25, 0.3) is 0 Å². The molecular formula is C10H10IN3. The number of halogens is 1. The van der Waals surface area contributed by atoms with Crippen LogP contribution in [-0.4, -0.2) is 4.98 Å². The van der Waals surface area contributed by atoms with Crippen LogP contribution in [0.5, 0.6) is 0 Å². The summed E-state index contributed by atoms with van der Waals surface area (Å²) in [5, 5.41) is 0.997. The third kappa shape index (κ3) is 1.61. The van der Waals surface area contributed by atoms with Crippen molar-refractivity contribution in [1.29, 1.82) is 0 Å². The Morgan fingerprint density at radius 2 is 2.14 bits per heavy atom. The van der Waals surface area contributed by atoms with Crippen LogP contribution in [0.4, 0.5) is 11.4 Å². The van der Waals surface area contributed by atoms with E-state index in [1.54, 1.807) is 0 Å². The molecule has 0 saturated heterocycles. The lowest BCUT2D eigenvalue weighted by Gasteiger charge is -2.05. The van der Waals surface area contributed by atoms with Gasteiger partial charge in [0.15, 0.2) is 0 Å².